The van der Waals surface area contributed by atoms with Crippen molar-refractivity contribution in [2.24, 2.45) is 34.5 Å². The number of hydrogen-bond acceptors (Lipinski definition) is 8. The van der Waals surface area contributed by atoms with Gasteiger partial charge in [0, 0.05) is 11.8 Å². The number of carbonyl (C=O) groups is 4. The summed E-state index contributed by atoms with van der Waals surface area (Å²) in [7, 11) is 1.31. The quantitative estimate of drug-likeness (QED) is 0.345. The van der Waals surface area contributed by atoms with E-state index in [1.807, 2.05) is 20.8 Å². The van der Waals surface area contributed by atoms with Gasteiger partial charge in [0.25, 0.3) is 0 Å². The number of halogens is 3. The topological polar surface area (TPSA) is 105 Å². The van der Waals surface area contributed by atoms with Crippen molar-refractivity contribution in [2.45, 2.75) is 85.6 Å². The minimum Gasteiger partial charge on any atom is -0.469 e. The standard InChI is InChI=1S/C16H22O6.C9H15F3O2/c1-5-16(2,3)15(19)22-12-7-6-8-10(9(7)13(17)20-4)14(18)21-11(8)12;1-4-8(2,3)7(13)14-6-5-9(10,11)12/h7-12H,5-6H2,1-4H3;4-6H2,1-3H3. The summed E-state index contributed by atoms with van der Waals surface area (Å²) in [5.74, 6) is -2.87. The first-order valence-electron chi connectivity index (χ1n) is 12.2. The number of fused-ring (bicyclic) bond motifs is 1. The number of esters is 4. The van der Waals surface area contributed by atoms with Crippen LogP contribution in [0.3, 0.4) is 0 Å². The molecule has 0 N–H and O–H groups in total. The van der Waals surface area contributed by atoms with Gasteiger partial charge in [-0.2, -0.15) is 13.2 Å². The number of rotatable bonds is 8. The van der Waals surface area contributed by atoms with E-state index in [1.54, 1.807) is 20.8 Å². The molecule has 1 heterocycles. The summed E-state index contributed by atoms with van der Waals surface area (Å²) in [6.45, 7) is 10.0. The maximum Gasteiger partial charge on any atom is 0.392 e. The van der Waals surface area contributed by atoms with Gasteiger partial charge in [-0.25, -0.2) is 0 Å². The van der Waals surface area contributed by atoms with Gasteiger partial charge >= 0.3 is 30.1 Å². The average Bonchev–Trinajstić information content (AvgIpc) is 3.41. The summed E-state index contributed by atoms with van der Waals surface area (Å²) < 4.78 is 55.5. The van der Waals surface area contributed by atoms with Crippen LogP contribution in [0.25, 0.3) is 0 Å². The zero-order chi connectivity index (χ0) is 27.6. The first kappa shape index (κ1) is 29.9. The van der Waals surface area contributed by atoms with Crippen LogP contribution < -0.4 is 0 Å². The van der Waals surface area contributed by atoms with Crippen molar-refractivity contribution in [3.63, 3.8) is 0 Å². The molecule has 3 rings (SSSR count). The fourth-order valence-corrected chi connectivity index (χ4v) is 4.63. The van der Waals surface area contributed by atoms with Crippen molar-refractivity contribution in [3.8, 4) is 0 Å². The first-order chi connectivity index (χ1) is 16.5. The molecule has 8 nitrogen and oxygen atoms in total. The highest BCUT2D eigenvalue weighted by molar-refractivity contribution is 5.86. The first-order valence-corrected chi connectivity index (χ1v) is 12.2. The van der Waals surface area contributed by atoms with Crippen molar-refractivity contribution in [2.75, 3.05) is 13.7 Å². The molecule has 0 radical (unpaired) electrons. The lowest BCUT2D eigenvalue weighted by atomic mass is 9.78. The van der Waals surface area contributed by atoms with Gasteiger partial charge in [0.15, 0.2) is 0 Å². The van der Waals surface area contributed by atoms with E-state index in [0.29, 0.717) is 19.3 Å². The third-order valence-electron chi connectivity index (χ3n) is 7.75. The Hall–Kier alpha value is -2.33. The highest BCUT2D eigenvalue weighted by Crippen LogP contribution is 2.59. The van der Waals surface area contributed by atoms with E-state index in [2.05, 4.69) is 4.74 Å². The zero-order valence-corrected chi connectivity index (χ0v) is 21.9. The number of carbonyl (C=O) groups excluding carboxylic acids is 4. The molecule has 11 heteroatoms. The second-order valence-electron chi connectivity index (χ2n) is 10.9. The van der Waals surface area contributed by atoms with Crippen molar-refractivity contribution in [3.05, 3.63) is 0 Å². The number of hydrogen-bond donors (Lipinski definition) is 0. The van der Waals surface area contributed by atoms with E-state index in [9.17, 15) is 32.3 Å². The van der Waals surface area contributed by atoms with Crippen LogP contribution in [0.5, 0.6) is 0 Å². The summed E-state index contributed by atoms with van der Waals surface area (Å²) in [5.41, 5.74) is -1.30. The van der Waals surface area contributed by atoms with Gasteiger partial charge in [-0.1, -0.05) is 13.8 Å². The fourth-order valence-electron chi connectivity index (χ4n) is 4.63. The summed E-state index contributed by atoms with van der Waals surface area (Å²) in [4.78, 5) is 47.6. The smallest absolute Gasteiger partial charge is 0.392 e. The molecular formula is C25H37F3O8. The van der Waals surface area contributed by atoms with Crippen molar-refractivity contribution in [1.82, 2.24) is 0 Å². The highest BCUT2D eigenvalue weighted by Gasteiger charge is 2.70. The molecule has 1 aliphatic heterocycles. The van der Waals surface area contributed by atoms with Gasteiger partial charge in [-0.05, 0) is 47.0 Å². The lowest BCUT2D eigenvalue weighted by Crippen LogP contribution is -2.45. The van der Waals surface area contributed by atoms with Crippen LogP contribution in [0.2, 0.25) is 0 Å². The fraction of sp³-hybridized carbons (Fsp3) is 0.840. The van der Waals surface area contributed by atoms with Gasteiger partial charge in [0.05, 0.1) is 42.8 Å². The molecule has 2 saturated carbocycles. The molecule has 3 aliphatic rings. The second kappa shape index (κ2) is 11.0. The van der Waals surface area contributed by atoms with E-state index >= 15 is 0 Å². The highest BCUT2D eigenvalue weighted by atomic mass is 19.4. The molecule has 6 unspecified atom stereocenters. The molecule has 36 heavy (non-hydrogen) atoms. The SMILES string of the molecule is CCC(C)(C)C(=O)OC1C2CC3C1OC(=O)C3C2C(=O)OC.CCC(C)(C)C(=O)OCCC(F)(F)F. The van der Waals surface area contributed by atoms with Gasteiger partial charge in [0.2, 0.25) is 0 Å². The average molecular weight is 523 g/mol. The van der Waals surface area contributed by atoms with E-state index in [-0.39, 0.29) is 23.8 Å². The molecular weight excluding hydrogens is 485 g/mol. The summed E-state index contributed by atoms with van der Waals surface area (Å²) in [5, 5.41) is 0. The Kier molecular flexibility index (Phi) is 9.10. The number of methoxy groups -OCH3 is 1. The molecule has 6 atom stereocenters. The Morgan fingerprint density at radius 3 is 2.03 bits per heavy atom. The Bertz CT molecular complexity index is 851. The predicted molar refractivity (Wildman–Crippen MR) is 120 cm³/mol. The third kappa shape index (κ3) is 6.32. The number of ether oxygens (including phenoxy) is 4. The third-order valence-corrected chi connectivity index (χ3v) is 7.75. The lowest BCUT2D eigenvalue weighted by Gasteiger charge is -2.32. The molecule has 1 saturated heterocycles. The Morgan fingerprint density at radius 2 is 1.53 bits per heavy atom. The Balaban J connectivity index is 0.000000284. The Labute approximate surface area is 209 Å². The molecule has 0 spiro atoms. The Morgan fingerprint density at radius 1 is 0.972 bits per heavy atom. The number of alkyl halides is 3. The van der Waals surface area contributed by atoms with Gasteiger partial charge in [-0.15, -0.1) is 0 Å². The van der Waals surface area contributed by atoms with Gasteiger partial charge < -0.3 is 18.9 Å². The zero-order valence-electron chi connectivity index (χ0n) is 21.9. The van der Waals surface area contributed by atoms with Crippen LogP contribution in [-0.2, 0) is 38.1 Å². The van der Waals surface area contributed by atoms with Gasteiger partial charge in [0.1, 0.15) is 12.2 Å². The monoisotopic (exact) mass is 522 g/mol. The van der Waals surface area contributed by atoms with Crippen LogP contribution in [0.15, 0.2) is 0 Å². The largest absolute Gasteiger partial charge is 0.469 e. The molecule has 2 aliphatic carbocycles. The molecule has 2 bridgehead atoms. The van der Waals surface area contributed by atoms with Crippen LogP contribution in [0.4, 0.5) is 13.2 Å². The molecule has 0 aromatic rings. The summed E-state index contributed by atoms with van der Waals surface area (Å²) in [6.07, 6.45) is -4.42. The van der Waals surface area contributed by atoms with Crippen LogP contribution in [0.1, 0.15) is 67.2 Å². The molecule has 3 fully saturated rings. The second-order valence-corrected chi connectivity index (χ2v) is 10.9. The van der Waals surface area contributed by atoms with Crippen LogP contribution >= 0.6 is 0 Å². The van der Waals surface area contributed by atoms with Gasteiger partial charge in [-0.3, -0.25) is 19.2 Å². The van der Waals surface area contributed by atoms with E-state index in [0.717, 1.165) is 0 Å². The predicted octanol–water partition coefficient (Wildman–Crippen LogP) is 4.23. The maximum atomic E-state index is 12.4. The van der Waals surface area contributed by atoms with E-state index in [4.69, 9.17) is 14.2 Å². The van der Waals surface area contributed by atoms with E-state index in [1.165, 1.54) is 7.11 Å². The van der Waals surface area contributed by atoms with E-state index < -0.39 is 66.0 Å². The van der Waals surface area contributed by atoms with Crippen LogP contribution in [-0.4, -0.2) is 56.0 Å². The normalized spacial score (nSPS) is 28.7. The minimum absolute atomic E-state index is 0.0378. The lowest BCUT2D eigenvalue weighted by molar-refractivity contribution is -0.173. The van der Waals surface area contributed by atoms with Crippen molar-refractivity contribution < 1.29 is 51.3 Å². The van der Waals surface area contributed by atoms with Crippen molar-refractivity contribution >= 4 is 23.9 Å². The molecule has 0 aromatic heterocycles. The molecule has 0 aromatic carbocycles. The minimum atomic E-state index is -4.27. The van der Waals surface area contributed by atoms with Crippen molar-refractivity contribution in [1.29, 1.82) is 0 Å². The summed E-state index contributed by atoms with van der Waals surface area (Å²) in [6, 6.07) is 0. The molecule has 0 amide bonds. The maximum absolute atomic E-state index is 12.4. The van der Waals surface area contributed by atoms with Crippen LogP contribution in [0, 0.1) is 34.5 Å². The summed E-state index contributed by atoms with van der Waals surface area (Å²) >= 11 is 0. The molecule has 206 valence electrons.